The fourth-order valence-electron chi connectivity index (χ4n) is 2.37. The van der Waals surface area contributed by atoms with Crippen LogP contribution in [0.1, 0.15) is 0 Å². The van der Waals surface area contributed by atoms with Gasteiger partial charge in [-0.1, -0.05) is 11.8 Å². The summed E-state index contributed by atoms with van der Waals surface area (Å²) >= 11 is 0.989. The first-order valence-corrected chi connectivity index (χ1v) is 11.5. The highest BCUT2D eigenvalue weighted by atomic mass is 32.2. The molecule has 33 heavy (non-hydrogen) atoms. The van der Waals surface area contributed by atoms with Gasteiger partial charge in [-0.2, -0.15) is 4.98 Å². The highest BCUT2D eigenvalue weighted by Gasteiger charge is 2.12. The number of aromatic nitrogens is 4. The Morgan fingerprint density at radius 2 is 1.88 bits per heavy atom. The molecule has 1 amide bonds. The number of anilines is 2. The van der Waals surface area contributed by atoms with Crippen molar-refractivity contribution in [3.05, 3.63) is 51.5 Å². The Labute approximate surface area is 192 Å². The van der Waals surface area contributed by atoms with E-state index in [0.717, 1.165) is 17.8 Å². The molecule has 3 rings (SSSR count). The number of nitrogens with two attached hydrogens (primary N) is 1. The van der Waals surface area contributed by atoms with Gasteiger partial charge in [0, 0.05) is 17.8 Å². The quantitative estimate of drug-likeness (QED) is 0.288. The first kappa shape index (κ1) is 23.8. The highest BCUT2D eigenvalue weighted by Crippen LogP contribution is 2.30. The van der Waals surface area contributed by atoms with Gasteiger partial charge in [-0.3, -0.25) is 9.59 Å². The number of nitrogens with zero attached hydrogens (tertiary/aromatic N) is 4. The molecule has 13 nitrogen and oxygen atoms in total. The summed E-state index contributed by atoms with van der Waals surface area (Å²) < 4.78 is 38.8. The third-order valence-electron chi connectivity index (χ3n) is 3.79. The first-order valence-electron chi connectivity index (χ1n) is 9.03. The lowest BCUT2D eigenvalue weighted by Gasteiger charge is -2.17. The van der Waals surface area contributed by atoms with E-state index in [9.17, 15) is 18.0 Å². The molecule has 0 saturated heterocycles. The van der Waals surface area contributed by atoms with Crippen molar-refractivity contribution in [2.45, 2.75) is 10.1 Å². The van der Waals surface area contributed by atoms with Crippen LogP contribution in [0, 0.1) is 0 Å². The van der Waals surface area contributed by atoms with Gasteiger partial charge in [0.15, 0.2) is 5.16 Å². The number of H-pyrrole nitrogens is 1. The number of hydrogen-bond acceptors (Lipinski definition) is 11. The largest absolute Gasteiger partial charge is 0.483 e. The van der Waals surface area contributed by atoms with Crippen molar-refractivity contribution in [2.75, 3.05) is 31.0 Å². The van der Waals surface area contributed by atoms with Crippen LogP contribution >= 0.6 is 11.8 Å². The van der Waals surface area contributed by atoms with Gasteiger partial charge in [0.1, 0.15) is 5.82 Å². The summed E-state index contributed by atoms with van der Waals surface area (Å²) in [6.07, 6.45) is 0. The summed E-state index contributed by atoms with van der Waals surface area (Å²) in [5, 5.41) is 2.81. The van der Waals surface area contributed by atoms with Crippen LogP contribution < -0.4 is 26.1 Å². The van der Waals surface area contributed by atoms with E-state index < -0.39 is 21.5 Å². The second-order valence-corrected chi connectivity index (χ2v) is 8.73. The van der Waals surface area contributed by atoms with Crippen molar-refractivity contribution in [1.29, 1.82) is 0 Å². The highest BCUT2D eigenvalue weighted by molar-refractivity contribution is 7.99. The van der Waals surface area contributed by atoms with Crippen molar-refractivity contribution in [2.24, 2.45) is 0 Å². The number of methoxy groups -OCH3 is 2. The van der Waals surface area contributed by atoms with Crippen LogP contribution in [0.4, 0.5) is 17.3 Å². The Balaban J connectivity index is 1.64. The Bertz CT molecular complexity index is 1290. The topological polar surface area (TPSA) is 193 Å². The second kappa shape index (κ2) is 10.2. The minimum Gasteiger partial charge on any atom is -0.483 e. The number of ether oxygens (including phenoxy) is 2. The summed E-state index contributed by atoms with van der Waals surface area (Å²) in [4.78, 5) is 37.5. The number of nitrogen functional groups attached to an aromatic ring is 1. The maximum Gasteiger partial charge on any atom is 0.253 e. The lowest BCUT2D eigenvalue weighted by molar-refractivity contribution is -0.113. The van der Waals surface area contributed by atoms with Crippen molar-refractivity contribution in [3.8, 4) is 11.9 Å². The summed E-state index contributed by atoms with van der Waals surface area (Å²) in [5.74, 6) is -0.488. The molecule has 0 aliphatic carbocycles. The molecule has 0 aliphatic rings. The van der Waals surface area contributed by atoms with Gasteiger partial charge in [-0.15, -0.1) is 0 Å². The van der Waals surface area contributed by atoms with Crippen LogP contribution in [0.3, 0.4) is 0 Å². The maximum absolute atomic E-state index is 12.6. The zero-order chi connectivity index (χ0) is 24.0. The zero-order valence-corrected chi connectivity index (χ0v) is 18.9. The molecule has 2 heterocycles. The second-order valence-electron chi connectivity index (χ2n) is 6.16. The van der Waals surface area contributed by atoms with Gasteiger partial charge in [-0.25, -0.2) is 13.4 Å². The van der Waals surface area contributed by atoms with E-state index in [1.54, 1.807) is 0 Å². The molecule has 15 heteroatoms. The molecule has 0 aliphatic heterocycles. The molecular formula is C18H18N7O6S2-. The Hall–Kier alpha value is -3.85. The van der Waals surface area contributed by atoms with Crippen LogP contribution in [0.5, 0.6) is 11.9 Å². The van der Waals surface area contributed by atoms with Gasteiger partial charge in [0.2, 0.25) is 27.8 Å². The van der Waals surface area contributed by atoms with Crippen LogP contribution in [0.2, 0.25) is 0 Å². The lowest BCUT2D eigenvalue weighted by atomic mass is 10.3. The number of benzene rings is 1. The molecule has 4 N–H and O–H groups in total. The standard InChI is InChI=1S/C18H19N7O6S2/c1-30-16-8-13(22-17(24-16)31-2)25-33(28,29)11-5-3-10(4-6-11)20-15(27)9-32-18-21-12(19)7-14(26)23-18/h3-8H,9H2,1-2H3,(H5,19,20,21,22,23,24,25,26,27)/p-1. The minimum absolute atomic E-state index is 0.0442. The Morgan fingerprint density at radius 3 is 2.52 bits per heavy atom. The molecule has 174 valence electrons. The smallest absolute Gasteiger partial charge is 0.253 e. The number of aromatic amines is 1. The lowest BCUT2D eigenvalue weighted by Crippen LogP contribution is -2.15. The average molecular weight is 493 g/mol. The first-order chi connectivity index (χ1) is 15.7. The fourth-order valence-corrected chi connectivity index (χ4v) is 3.98. The molecular weight excluding hydrogens is 474 g/mol. The number of sulfonamides is 1. The molecule has 2 aromatic heterocycles. The molecule has 0 unspecified atom stereocenters. The van der Waals surface area contributed by atoms with Crippen LogP contribution in [0.15, 0.2) is 51.2 Å². The van der Waals surface area contributed by atoms with Crippen molar-refractivity contribution >= 4 is 45.0 Å². The number of carbonyl (C=O) groups is 1. The minimum atomic E-state index is -4.11. The van der Waals surface area contributed by atoms with Crippen LogP contribution in [-0.2, 0) is 14.8 Å². The van der Waals surface area contributed by atoms with E-state index >= 15 is 0 Å². The third-order valence-corrected chi connectivity index (χ3v) is 5.96. The van der Waals surface area contributed by atoms with Crippen LogP contribution in [-0.4, -0.2) is 54.2 Å². The van der Waals surface area contributed by atoms with Crippen LogP contribution in [0.25, 0.3) is 4.72 Å². The van der Waals surface area contributed by atoms with E-state index in [0.29, 0.717) is 5.69 Å². The third kappa shape index (κ3) is 6.56. The van der Waals surface area contributed by atoms with E-state index in [1.165, 1.54) is 44.6 Å². The SMILES string of the molecule is COc1cc([N-]S(=O)(=O)c2ccc(NC(=O)CSc3nc(N)cc(=O)[nH]3)cc2)nc(OC)n1. The average Bonchev–Trinajstić information content (AvgIpc) is 2.77. The van der Waals surface area contributed by atoms with E-state index in [-0.39, 0.29) is 39.3 Å². The maximum atomic E-state index is 12.6. The molecule has 0 fully saturated rings. The summed E-state index contributed by atoms with van der Waals surface area (Å²) in [6, 6.07) is 7.66. The summed E-state index contributed by atoms with van der Waals surface area (Å²) in [7, 11) is -1.43. The summed E-state index contributed by atoms with van der Waals surface area (Å²) in [6.45, 7) is 0. The molecule has 0 radical (unpaired) electrons. The zero-order valence-electron chi connectivity index (χ0n) is 17.3. The van der Waals surface area contributed by atoms with E-state index in [1.807, 2.05) is 0 Å². The molecule has 0 atom stereocenters. The molecule has 3 aromatic rings. The van der Waals surface area contributed by atoms with Gasteiger partial charge >= 0.3 is 0 Å². The molecule has 0 spiro atoms. The number of nitrogens with one attached hydrogen (secondary N) is 2. The fraction of sp³-hybridized carbons (Fsp3) is 0.167. The van der Waals surface area contributed by atoms with Crippen molar-refractivity contribution in [1.82, 2.24) is 19.9 Å². The number of amides is 1. The molecule has 0 bridgehead atoms. The Kier molecular flexibility index (Phi) is 7.34. The number of rotatable bonds is 9. The number of thioether (sulfide) groups is 1. The molecule has 0 saturated carbocycles. The molecule has 1 aromatic carbocycles. The van der Waals surface area contributed by atoms with E-state index in [2.05, 4.69) is 30.0 Å². The number of hydrogen-bond donors (Lipinski definition) is 3. The van der Waals surface area contributed by atoms with Crippen molar-refractivity contribution in [3.63, 3.8) is 0 Å². The van der Waals surface area contributed by atoms with Crippen molar-refractivity contribution < 1.29 is 22.7 Å². The van der Waals surface area contributed by atoms with Gasteiger partial charge < -0.3 is 35.2 Å². The number of carbonyl (C=O) groups excluding carboxylic acids is 1. The summed E-state index contributed by atoms with van der Waals surface area (Å²) in [5.41, 5.74) is 5.43. The Morgan fingerprint density at radius 1 is 1.15 bits per heavy atom. The van der Waals surface area contributed by atoms with E-state index in [4.69, 9.17) is 15.2 Å². The van der Waals surface area contributed by atoms with Gasteiger partial charge in [0.25, 0.3) is 5.56 Å². The predicted molar refractivity (Wildman–Crippen MR) is 120 cm³/mol. The normalized spacial score (nSPS) is 11.0. The van der Waals surface area contributed by atoms with Gasteiger partial charge in [-0.05, 0) is 30.1 Å². The predicted octanol–water partition coefficient (Wildman–Crippen LogP) is 1.28. The monoisotopic (exact) mass is 492 g/mol. The van der Waals surface area contributed by atoms with Gasteiger partial charge in [0.05, 0.1) is 24.9 Å².